The van der Waals surface area contributed by atoms with E-state index in [4.69, 9.17) is 4.74 Å². The van der Waals surface area contributed by atoms with Crippen molar-refractivity contribution in [3.8, 4) is 0 Å². The fraction of sp³-hybridized carbons (Fsp3) is 0.538. The second kappa shape index (κ2) is 10.2. The van der Waals surface area contributed by atoms with Gasteiger partial charge in [0.15, 0.2) is 0 Å². The summed E-state index contributed by atoms with van der Waals surface area (Å²) in [6.07, 6.45) is 3.04. The number of carbonyl (C=O) groups excluding carboxylic acids is 2. The second-order valence-corrected chi connectivity index (χ2v) is 10.1. The van der Waals surface area contributed by atoms with Crippen molar-refractivity contribution in [3.63, 3.8) is 0 Å². The Balaban J connectivity index is 2.08. The first kappa shape index (κ1) is 26.4. The number of carboxylic acids is 1. The number of amidine groups is 1. The molecule has 0 spiro atoms. The van der Waals surface area contributed by atoms with Crippen LogP contribution in [0.5, 0.6) is 0 Å². The maximum absolute atomic E-state index is 15.3. The molecule has 190 valence electrons. The van der Waals surface area contributed by atoms with Gasteiger partial charge >= 0.3 is 12.1 Å². The van der Waals surface area contributed by atoms with Gasteiger partial charge in [-0.2, -0.15) is 0 Å². The SMILES string of the molecule is CCCN(CCC)C(=O)C1=Cc2c(F)cc(C3(C(=O)O)CC3)cc2N=C(NC(=O)OC(C)(C)C)C1. The molecule has 0 aromatic heterocycles. The Labute approximate surface area is 205 Å². The van der Waals surface area contributed by atoms with Crippen LogP contribution in [0.4, 0.5) is 14.9 Å². The summed E-state index contributed by atoms with van der Waals surface area (Å²) in [5.41, 5.74) is -1.02. The quantitative estimate of drug-likeness (QED) is 0.567. The van der Waals surface area contributed by atoms with Crippen LogP contribution < -0.4 is 5.32 Å². The van der Waals surface area contributed by atoms with E-state index in [1.807, 2.05) is 13.8 Å². The van der Waals surface area contributed by atoms with Gasteiger partial charge in [-0.15, -0.1) is 0 Å². The van der Waals surface area contributed by atoms with E-state index in [-0.39, 0.29) is 35.0 Å². The lowest BCUT2D eigenvalue weighted by Gasteiger charge is -2.23. The lowest BCUT2D eigenvalue weighted by Crippen LogP contribution is -2.38. The third-order valence-electron chi connectivity index (χ3n) is 5.95. The van der Waals surface area contributed by atoms with Crippen molar-refractivity contribution >= 4 is 35.6 Å². The van der Waals surface area contributed by atoms with E-state index in [2.05, 4.69) is 10.3 Å². The number of nitrogens with zero attached hydrogens (tertiary/aromatic N) is 2. The predicted molar refractivity (Wildman–Crippen MR) is 131 cm³/mol. The molecule has 1 aliphatic heterocycles. The number of hydrogen-bond donors (Lipinski definition) is 2. The fourth-order valence-corrected chi connectivity index (χ4v) is 4.15. The van der Waals surface area contributed by atoms with Crippen LogP contribution >= 0.6 is 0 Å². The van der Waals surface area contributed by atoms with Crippen LogP contribution in [0.3, 0.4) is 0 Å². The highest BCUT2D eigenvalue weighted by molar-refractivity contribution is 6.08. The number of aliphatic imine (C=N–C) groups is 1. The van der Waals surface area contributed by atoms with Gasteiger partial charge in [0, 0.05) is 30.6 Å². The molecule has 9 heteroatoms. The van der Waals surface area contributed by atoms with Gasteiger partial charge in [0.25, 0.3) is 0 Å². The smallest absolute Gasteiger partial charge is 0.413 e. The third-order valence-corrected chi connectivity index (χ3v) is 5.95. The number of benzene rings is 1. The highest BCUT2D eigenvalue weighted by atomic mass is 19.1. The average Bonchev–Trinajstić information content (AvgIpc) is 3.56. The molecule has 0 atom stereocenters. The van der Waals surface area contributed by atoms with E-state index in [0.717, 1.165) is 12.8 Å². The number of hydrogen-bond acceptors (Lipinski definition) is 5. The van der Waals surface area contributed by atoms with Crippen molar-refractivity contribution in [3.05, 3.63) is 34.6 Å². The second-order valence-electron chi connectivity index (χ2n) is 10.1. The van der Waals surface area contributed by atoms with Crippen LogP contribution in [0.2, 0.25) is 0 Å². The van der Waals surface area contributed by atoms with Crippen molar-refractivity contribution in [1.82, 2.24) is 10.2 Å². The van der Waals surface area contributed by atoms with Crippen LogP contribution in [-0.2, 0) is 19.7 Å². The summed E-state index contributed by atoms with van der Waals surface area (Å²) in [6.45, 7) is 10.2. The minimum atomic E-state index is -1.13. The Morgan fingerprint density at radius 1 is 1.17 bits per heavy atom. The number of carbonyl (C=O) groups is 3. The number of nitrogens with one attached hydrogen (secondary N) is 1. The van der Waals surface area contributed by atoms with E-state index < -0.39 is 28.9 Å². The highest BCUT2D eigenvalue weighted by Crippen LogP contribution is 2.50. The van der Waals surface area contributed by atoms with Gasteiger partial charge in [0.05, 0.1) is 11.1 Å². The number of aliphatic carboxylic acids is 1. The van der Waals surface area contributed by atoms with Crippen LogP contribution in [-0.4, -0.2) is 52.5 Å². The molecule has 1 aromatic carbocycles. The van der Waals surface area contributed by atoms with E-state index >= 15 is 4.39 Å². The van der Waals surface area contributed by atoms with Crippen molar-refractivity contribution in [2.75, 3.05) is 13.1 Å². The fourth-order valence-electron chi connectivity index (χ4n) is 4.15. The molecule has 1 aliphatic carbocycles. The first-order valence-corrected chi connectivity index (χ1v) is 12.0. The zero-order valence-electron chi connectivity index (χ0n) is 21.0. The Bertz CT molecular complexity index is 1080. The maximum Gasteiger partial charge on any atom is 0.413 e. The topological polar surface area (TPSA) is 108 Å². The van der Waals surface area contributed by atoms with E-state index in [1.165, 1.54) is 18.2 Å². The van der Waals surface area contributed by atoms with Crippen molar-refractivity contribution in [2.45, 2.75) is 77.7 Å². The monoisotopic (exact) mass is 487 g/mol. The third kappa shape index (κ3) is 6.07. The van der Waals surface area contributed by atoms with Gasteiger partial charge in [-0.3, -0.25) is 14.9 Å². The van der Waals surface area contributed by atoms with Gasteiger partial charge in [-0.25, -0.2) is 14.2 Å². The first-order valence-electron chi connectivity index (χ1n) is 12.0. The number of alkyl carbamates (subject to hydrolysis) is 1. The van der Waals surface area contributed by atoms with E-state index in [9.17, 15) is 19.5 Å². The lowest BCUT2D eigenvalue weighted by atomic mass is 9.93. The molecule has 3 rings (SSSR count). The average molecular weight is 488 g/mol. The molecule has 35 heavy (non-hydrogen) atoms. The molecule has 2 aliphatic rings. The summed E-state index contributed by atoms with van der Waals surface area (Å²) >= 11 is 0. The summed E-state index contributed by atoms with van der Waals surface area (Å²) in [5.74, 6) is -1.80. The predicted octanol–water partition coefficient (Wildman–Crippen LogP) is 4.93. The molecule has 0 saturated heterocycles. The Kier molecular flexibility index (Phi) is 7.67. The standard InChI is InChI=1S/C26H34FN3O5/c1-6-10-30(11-7-2)22(31)16-12-18-19(27)14-17(26(8-9-26)23(32)33)15-20(18)28-21(13-16)29-24(34)35-25(3,4)5/h12,14-15H,6-11,13H2,1-5H3,(H,32,33)(H,28,29,34). The molecule has 1 saturated carbocycles. The molecular weight excluding hydrogens is 453 g/mol. The number of halogens is 1. The summed E-state index contributed by atoms with van der Waals surface area (Å²) in [7, 11) is 0. The Hall–Kier alpha value is -3.23. The van der Waals surface area contributed by atoms with E-state index in [1.54, 1.807) is 25.7 Å². The summed E-state index contributed by atoms with van der Waals surface area (Å²) < 4.78 is 20.7. The van der Waals surface area contributed by atoms with Crippen LogP contribution in [0.15, 0.2) is 22.7 Å². The normalized spacial score (nSPS) is 16.3. The number of fused-ring (bicyclic) bond motifs is 1. The van der Waals surface area contributed by atoms with E-state index in [0.29, 0.717) is 31.5 Å². The molecule has 1 fully saturated rings. The Morgan fingerprint density at radius 2 is 1.80 bits per heavy atom. The molecular formula is C26H34FN3O5. The molecule has 2 N–H and O–H groups in total. The molecule has 1 aromatic rings. The zero-order chi connectivity index (χ0) is 26.0. The lowest BCUT2D eigenvalue weighted by molar-refractivity contribution is -0.140. The van der Waals surface area contributed by atoms with Gasteiger partial charge in [-0.1, -0.05) is 13.8 Å². The molecule has 1 heterocycles. The number of carboxylic acid groups (broad SMARTS) is 1. The van der Waals surface area contributed by atoms with Crippen LogP contribution in [0.25, 0.3) is 6.08 Å². The zero-order valence-corrected chi connectivity index (χ0v) is 21.0. The number of ether oxygens (including phenoxy) is 1. The minimum absolute atomic E-state index is 0.0322. The molecule has 2 amide bonds. The van der Waals surface area contributed by atoms with Gasteiger partial charge in [0.2, 0.25) is 5.91 Å². The van der Waals surface area contributed by atoms with Crippen molar-refractivity contribution in [2.24, 2.45) is 4.99 Å². The van der Waals surface area contributed by atoms with Crippen LogP contribution in [0, 0.1) is 5.82 Å². The molecule has 0 unspecified atom stereocenters. The van der Waals surface area contributed by atoms with Crippen LogP contribution in [0.1, 0.15) is 77.8 Å². The van der Waals surface area contributed by atoms with Crippen molar-refractivity contribution in [1.29, 1.82) is 0 Å². The summed E-state index contributed by atoms with van der Waals surface area (Å²) in [6, 6.07) is 2.76. The largest absolute Gasteiger partial charge is 0.481 e. The number of rotatable bonds is 7. The first-order chi connectivity index (χ1) is 16.4. The van der Waals surface area contributed by atoms with Gasteiger partial charge in [0.1, 0.15) is 17.3 Å². The molecule has 8 nitrogen and oxygen atoms in total. The number of amides is 2. The highest BCUT2D eigenvalue weighted by Gasteiger charge is 2.52. The minimum Gasteiger partial charge on any atom is -0.481 e. The Morgan fingerprint density at radius 3 is 2.31 bits per heavy atom. The van der Waals surface area contributed by atoms with Crippen molar-refractivity contribution < 1.29 is 28.6 Å². The maximum atomic E-state index is 15.3. The van der Waals surface area contributed by atoms with Gasteiger partial charge in [-0.05, 0) is 70.2 Å². The molecule has 0 radical (unpaired) electrons. The van der Waals surface area contributed by atoms with Gasteiger partial charge < -0.3 is 14.7 Å². The summed E-state index contributed by atoms with van der Waals surface area (Å²) in [5, 5.41) is 12.3. The summed E-state index contributed by atoms with van der Waals surface area (Å²) in [4.78, 5) is 43.9. The molecule has 0 bridgehead atoms.